The largest absolute Gasteiger partial charge is 0.497 e. The second-order valence-corrected chi connectivity index (χ2v) is 5.86. The van der Waals surface area contributed by atoms with Gasteiger partial charge in [-0.3, -0.25) is 0 Å². The van der Waals surface area contributed by atoms with Gasteiger partial charge in [-0.15, -0.1) is 0 Å². The SMILES string of the molecule is COc1ccc(-c2[nH]c3ccc(OC)cc3c2CCCCN)cc1. The van der Waals surface area contributed by atoms with Gasteiger partial charge < -0.3 is 20.2 Å². The van der Waals surface area contributed by atoms with Crippen LogP contribution in [0.25, 0.3) is 22.2 Å². The van der Waals surface area contributed by atoms with Gasteiger partial charge in [-0.1, -0.05) is 0 Å². The molecule has 3 aromatic rings. The number of rotatable bonds is 7. The lowest BCUT2D eigenvalue weighted by Gasteiger charge is -2.07. The topological polar surface area (TPSA) is 60.3 Å². The predicted molar refractivity (Wildman–Crippen MR) is 98.8 cm³/mol. The van der Waals surface area contributed by atoms with Crippen molar-refractivity contribution in [1.82, 2.24) is 4.98 Å². The summed E-state index contributed by atoms with van der Waals surface area (Å²) in [6.07, 6.45) is 3.09. The quantitative estimate of drug-likeness (QED) is 0.642. The molecular weight excluding hydrogens is 300 g/mol. The number of ether oxygens (including phenoxy) is 2. The van der Waals surface area contributed by atoms with Crippen LogP contribution >= 0.6 is 0 Å². The monoisotopic (exact) mass is 324 g/mol. The highest BCUT2D eigenvalue weighted by molar-refractivity contribution is 5.91. The first-order valence-corrected chi connectivity index (χ1v) is 8.30. The fraction of sp³-hybridized carbons (Fsp3) is 0.300. The van der Waals surface area contributed by atoms with E-state index >= 15 is 0 Å². The van der Waals surface area contributed by atoms with Gasteiger partial charge in [-0.2, -0.15) is 0 Å². The summed E-state index contributed by atoms with van der Waals surface area (Å²) >= 11 is 0. The fourth-order valence-electron chi connectivity index (χ4n) is 3.06. The molecule has 0 aliphatic carbocycles. The molecule has 0 aliphatic heterocycles. The lowest BCUT2D eigenvalue weighted by Crippen LogP contribution is -1.99. The van der Waals surface area contributed by atoms with Crippen molar-refractivity contribution in [3.05, 3.63) is 48.0 Å². The number of hydrogen-bond acceptors (Lipinski definition) is 3. The van der Waals surface area contributed by atoms with Gasteiger partial charge in [0, 0.05) is 16.6 Å². The number of aromatic nitrogens is 1. The molecule has 4 heteroatoms. The molecule has 3 N–H and O–H groups in total. The summed E-state index contributed by atoms with van der Waals surface area (Å²) < 4.78 is 10.7. The molecule has 1 heterocycles. The van der Waals surface area contributed by atoms with E-state index in [-0.39, 0.29) is 0 Å². The maximum atomic E-state index is 5.67. The van der Waals surface area contributed by atoms with E-state index < -0.39 is 0 Å². The van der Waals surface area contributed by atoms with Crippen LogP contribution in [0, 0.1) is 0 Å². The first-order valence-electron chi connectivity index (χ1n) is 8.30. The van der Waals surface area contributed by atoms with Gasteiger partial charge in [-0.25, -0.2) is 0 Å². The molecule has 4 nitrogen and oxygen atoms in total. The Morgan fingerprint density at radius 2 is 1.62 bits per heavy atom. The van der Waals surface area contributed by atoms with E-state index in [0.717, 1.165) is 54.1 Å². The zero-order valence-corrected chi connectivity index (χ0v) is 14.3. The van der Waals surface area contributed by atoms with Gasteiger partial charge in [0.05, 0.1) is 14.2 Å². The molecule has 0 saturated carbocycles. The van der Waals surface area contributed by atoms with Crippen molar-refractivity contribution in [1.29, 1.82) is 0 Å². The van der Waals surface area contributed by atoms with E-state index in [1.165, 1.54) is 10.9 Å². The van der Waals surface area contributed by atoms with Crippen LogP contribution in [0.4, 0.5) is 0 Å². The average Bonchev–Trinajstić information content (AvgIpc) is 3.00. The number of unbranched alkanes of at least 4 members (excludes halogenated alkanes) is 1. The maximum absolute atomic E-state index is 5.67. The zero-order valence-electron chi connectivity index (χ0n) is 14.3. The molecule has 0 radical (unpaired) electrons. The molecule has 0 unspecified atom stereocenters. The summed E-state index contributed by atoms with van der Waals surface area (Å²) in [6.45, 7) is 0.726. The summed E-state index contributed by atoms with van der Waals surface area (Å²) in [4.78, 5) is 3.57. The van der Waals surface area contributed by atoms with Gasteiger partial charge in [0.2, 0.25) is 0 Å². The molecule has 24 heavy (non-hydrogen) atoms. The number of benzene rings is 2. The second kappa shape index (κ2) is 7.41. The molecule has 0 fully saturated rings. The van der Waals surface area contributed by atoms with Crippen LogP contribution < -0.4 is 15.2 Å². The van der Waals surface area contributed by atoms with Crippen LogP contribution in [0.1, 0.15) is 18.4 Å². The van der Waals surface area contributed by atoms with Crippen LogP contribution in [-0.4, -0.2) is 25.7 Å². The van der Waals surface area contributed by atoms with Gasteiger partial charge >= 0.3 is 0 Å². The molecule has 0 saturated heterocycles. The van der Waals surface area contributed by atoms with Crippen molar-refractivity contribution >= 4 is 10.9 Å². The van der Waals surface area contributed by atoms with Crippen molar-refractivity contribution < 1.29 is 9.47 Å². The summed E-state index contributed by atoms with van der Waals surface area (Å²) in [5, 5.41) is 1.22. The van der Waals surface area contributed by atoms with Gasteiger partial charge in [0.25, 0.3) is 0 Å². The van der Waals surface area contributed by atoms with E-state index in [0.29, 0.717) is 0 Å². The number of nitrogens with one attached hydrogen (secondary N) is 1. The smallest absolute Gasteiger partial charge is 0.119 e. The van der Waals surface area contributed by atoms with E-state index in [1.807, 2.05) is 18.2 Å². The van der Waals surface area contributed by atoms with E-state index in [9.17, 15) is 0 Å². The van der Waals surface area contributed by atoms with Crippen molar-refractivity contribution in [2.45, 2.75) is 19.3 Å². The van der Waals surface area contributed by atoms with Gasteiger partial charge in [-0.05, 0) is 79.4 Å². The number of H-pyrrole nitrogens is 1. The summed E-state index contributed by atoms with van der Waals surface area (Å²) in [7, 11) is 3.38. The Hall–Kier alpha value is -2.46. The Balaban J connectivity index is 2.08. The molecule has 0 aliphatic rings. The maximum Gasteiger partial charge on any atom is 0.119 e. The molecule has 0 amide bonds. The standard InChI is InChI=1S/C20H24N2O2/c1-23-15-8-6-14(7-9-15)20-17(5-3-4-12-21)18-13-16(24-2)10-11-19(18)22-20/h6-11,13,22H,3-5,12,21H2,1-2H3. The fourth-order valence-corrected chi connectivity index (χ4v) is 3.06. The van der Waals surface area contributed by atoms with Crippen molar-refractivity contribution in [2.24, 2.45) is 5.73 Å². The first kappa shape index (κ1) is 16.4. The Labute approximate surface area is 142 Å². The molecule has 2 aromatic carbocycles. The van der Waals surface area contributed by atoms with Crippen LogP contribution in [0.5, 0.6) is 11.5 Å². The van der Waals surface area contributed by atoms with E-state index in [2.05, 4.69) is 29.2 Å². The third-order valence-corrected chi connectivity index (χ3v) is 4.37. The summed E-state index contributed by atoms with van der Waals surface area (Å²) in [6, 6.07) is 14.3. The summed E-state index contributed by atoms with van der Waals surface area (Å²) in [5.74, 6) is 1.74. The van der Waals surface area contributed by atoms with Gasteiger partial charge in [0.15, 0.2) is 0 Å². The number of hydrogen-bond donors (Lipinski definition) is 2. The number of fused-ring (bicyclic) bond motifs is 1. The van der Waals surface area contributed by atoms with Crippen molar-refractivity contribution in [2.75, 3.05) is 20.8 Å². The predicted octanol–water partition coefficient (Wildman–Crippen LogP) is 4.13. The number of aryl methyl sites for hydroxylation is 1. The number of methoxy groups -OCH3 is 2. The summed E-state index contributed by atoms with van der Waals surface area (Å²) in [5.41, 5.74) is 10.4. The molecule has 3 rings (SSSR count). The zero-order chi connectivity index (χ0) is 16.9. The Bertz CT molecular complexity index is 806. The van der Waals surface area contributed by atoms with Crippen LogP contribution in [0.15, 0.2) is 42.5 Å². The molecule has 1 aromatic heterocycles. The Kier molecular flexibility index (Phi) is 5.06. The van der Waals surface area contributed by atoms with E-state index in [4.69, 9.17) is 15.2 Å². The number of nitrogens with two attached hydrogens (primary N) is 1. The first-order chi connectivity index (χ1) is 11.8. The van der Waals surface area contributed by atoms with E-state index in [1.54, 1.807) is 14.2 Å². The third kappa shape index (κ3) is 3.24. The van der Waals surface area contributed by atoms with Crippen LogP contribution in [-0.2, 0) is 6.42 Å². The van der Waals surface area contributed by atoms with Crippen molar-refractivity contribution in [3.63, 3.8) is 0 Å². The highest BCUT2D eigenvalue weighted by Crippen LogP contribution is 2.34. The second-order valence-electron chi connectivity index (χ2n) is 5.86. The minimum atomic E-state index is 0.726. The Morgan fingerprint density at radius 1 is 0.917 bits per heavy atom. The number of aromatic amines is 1. The molecule has 0 bridgehead atoms. The van der Waals surface area contributed by atoms with Crippen molar-refractivity contribution in [3.8, 4) is 22.8 Å². The van der Waals surface area contributed by atoms with Gasteiger partial charge in [0.1, 0.15) is 11.5 Å². The third-order valence-electron chi connectivity index (χ3n) is 4.37. The normalized spacial score (nSPS) is 11.0. The minimum absolute atomic E-state index is 0.726. The minimum Gasteiger partial charge on any atom is -0.497 e. The highest BCUT2D eigenvalue weighted by atomic mass is 16.5. The highest BCUT2D eigenvalue weighted by Gasteiger charge is 2.14. The Morgan fingerprint density at radius 3 is 2.29 bits per heavy atom. The average molecular weight is 324 g/mol. The molecule has 0 atom stereocenters. The molecule has 0 spiro atoms. The molecule has 126 valence electrons. The van der Waals surface area contributed by atoms with Crippen LogP contribution in [0.3, 0.4) is 0 Å². The lowest BCUT2D eigenvalue weighted by molar-refractivity contribution is 0.415. The molecular formula is C20H24N2O2. The lowest BCUT2D eigenvalue weighted by atomic mass is 10.00. The van der Waals surface area contributed by atoms with Crippen LogP contribution in [0.2, 0.25) is 0 Å².